The predicted molar refractivity (Wildman–Crippen MR) is 152 cm³/mol. The molecule has 2 fully saturated rings. The van der Waals surface area contributed by atoms with E-state index in [9.17, 15) is 19.5 Å². The predicted octanol–water partition coefficient (Wildman–Crippen LogP) is 3.76. The minimum atomic E-state index is -0.793. The highest BCUT2D eigenvalue weighted by Gasteiger charge is 2.44. The molecule has 2 aliphatic rings. The van der Waals surface area contributed by atoms with E-state index < -0.39 is 17.9 Å². The van der Waals surface area contributed by atoms with Crippen LogP contribution in [0.3, 0.4) is 0 Å². The second kappa shape index (κ2) is 12.2. The highest BCUT2D eigenvalue weighted by Crippen LogP contribution is 2.38. The lowest BCUT2D eigenvalue weighted by molar-refractivity contribution is -0.150. The van der Waals surface area contributed by atoms with Gasteiger partial charge >= 0.3 is 5.97 Å². The van der Waals surface area contributed by atoms with Crippen LogP contribution in [0.5, 0.6) is 0 Å². The van der Waals surface area contributed by atoms with Crippen LogP contribution in [-0.4, -0.2) is 70.3 Å². The van der Waals surface area contributed by atoms with E-state index in [1.165, 1.54) is 0 Å². The zero-order valence-corrected chi connectivity index (χ0v) is 23.5. The molecule has 0 aromatic heterocycles. The molecule has 0 spiro atoms. The van der Waals surface area contributed by atoms with E-state index in [1.54, 1.807) is 34.1 Å². The number of carboxylic acids is 1. The summed E-state index contributed by atoms with van der Waals surface area (Å²) in [7, 11) is 0. The molecular weight excluding hydrogens is 508 g/mol. The quantitative estimate of drug-likeness (QED) is 0.339. The molecule has 0 radical (unpaired) electrons. The van der Waals surface area contributed by atoms with Gasteiger partial charge < -0.3 is 25.4 Å². The van der Waals surface area contributed by atoms with Crippen molar-refractivity contribution in [1.29, 1.82) is 5.41 Å². The number of carboxylic acid groups (broad SMARTS) is 1. The molecule has 2 saturated heterocycles. The number of nitrogens with one attached hydrogen (secondary N) is 1. The number of nitrogens with zero attached hydrogens (tertiary/aromatic N) is 2. The van der Waals surface area contributed by atoms with Gasteiger partial charge in [0.05, 0.1) is 18.6 Å². The lowest BCUT2D eigenvalue weighted by Gasteiger charge is -2.40. The van der Waals surface area contributed by atoms with E-state index in [0.717, 1.165) is 5.56 Å². The van der Waals surface area contributed by atoms with Gasteiger partial charge in [0, 0.05) is 37.2 Å². The fourth-order valence-electron chi connectivity index (χ4n) is 6.07. The van der Waals surface area contributed by atoms with Crippen LogP contribution < -0.4 is 5.73 Å². The van der Waals surface area contributed by atoms with Crippen molar-refractivity contribution in [3.63, 3.8) is 0 Å². The summed E-state index contributed by atoms with van der Waals surface area (Å²) in [5.74, 6) is -1.76. The van der Waals surface area contributed by atoms with Crippen molar-refractivity contribution < 1.29 is 24.2 Å². The number of carbonyl (C=O) groups excluding carboxylic acids is 2. The summed E-state index contributed by atoms with van der Waals surface area (Å²) in [6.07, 6.45) is 1.31. The first kappa shape index (κ1) is 29.3. The molecule has 9 heteroatoms. The van der Waals surface area contributed by atoms with E-state index in [-0.39, 0.29) is 41.6 Å². The Morgan fingerprint density at radius 3 is 2.17 bits per heavy atom. The van der Waals surface area contributed by atoms with Gasteiger partial charge in [0.1, 0.15) is 11.9 Å². The summed E-state index contributed by atoms with van der Waals surface area (Å²) in [4.78, 5) is 42.9. The van der Waals surface area contributed by atoms with Crippen LogP contribution in [0.2, 0.25) is 0 Å². The minimum Gasteiger partial charge on any atom is -0.481 e. The zero-order chi connectivity index (χ0) is 29.0. The summed E-state index contributed by atoms with van der Waals surface area (Å²) >= 11 is 0. The first-order valence-corrected chi connectivity index (χ1v) is 13.9. The van der Waals surface area contributed by atoms with E-state index in [0.29, 0.717) is 50.1 Å². The third kappa shape index (κ3) is 6.70. The first-order chi connectivity index (χ1) is 19.0. The third-order valence-corrected chi connectivity index (χ3v) is 8.10. The first-order valence-electron chi connectivity index (χ1n) is 13.9. The van der Waals surface area contributed by atoms with Gasteiger partial charge in [-0.15, -0.1) is 0 Å². The molecule has 9 nitrogen and oxygen atoms in total. The third-order valence-electron chi connectivity index (χ3n) is 8.10. The number of hydrogen-bond acceptors (Lipinski definition) is 5. The molecule has 2 heterocycles. The molecule has 2 amide bonds. The van der Waals surface area contributed by atoms with Gasteiger partial charge in [-0.2, -0.15) is 0 Å². The van der Waals surface area contributed by atoms with Crippen LogP contribution in [-0.2, 0) is 20.9 Å². The minimum absolute atomic E-state index is 0.00962. The van der Waals surface area contributed by atoms with Gasteiger partial charge in [-0.3, -0.25) is 19.8 Å². The van der Waals surface area contributed by atoms with Gasteiger partial charge in [0.2, 0.25) is 5.91 Å². The van der Waals surface area contributed by atoms with E-state index in [2.05, 4.69) is 0 Å². The number of hydrogen-bond donors (Lipinski definition) is 3. The Bertz CT molecular complexity index is 1220. The largest absolute Gasteiger partial charge is 0.481 e. The second-order valence-corrected chi connectivity index (χ2v) is 12.0. The number of carbonyl (C=O) groups is 3. The van der Waals surface area contributed by atoms with Crippen LogP contribution in [0, 0.1) is 22.7 Å². The van der Waals surface area contributed by atoms with Gasteiger partial charge in [-0.25, -0.2) is 0 Å². The molecule has 2 aromatic carbocycles. The second-order valence-electron chi connectivity index (χ2n) is 12.0. The van der Waals surface area contributed by atoms with Crippen molar-refractivity contribution in [2.45, 2.75) is 58.8 Å². The van der Waals surface area contributed by atoms with Crippen LogP contribution in [0.15, 0.2) is 54.6 Å². The Morgan fingerprint density at radius 1 is 1.02 bits per heavy atom. The normalized spacial score (nSPS) is 20.8. The molecule has 214 valence electrons. The van der Waals surface area contributed by atoms with Crippen LogP contribution in [0.25, 0.3) is 0 Å². The van der Waals surface area contributed by atoms with Crippen LogP contribution in [0.1, 0.15) is 61.5 Å². The number of nitrogens with two attached hydrogens (primary N) is 1. The Morgan fingerprint density at radius 2 is 1.62 bits per heavy atom. The number of ether oxygens (including phenoxy) is 1. The van der Waals surface area contributed by atoms with E-state index in [4.69, 9.17) is 15.9 Å². The van der Waals surface area contributed by atoms with Crippen molar-refractivity contribution >= 4 is 23.6 Å². The fourth-order valence-corrected chi connectivity index (χ4v) is 6.07. The summed E-state index contributed by atoms with van der Waals surface area (Å²) in [5, 5.41) is 17.5. The maximum atomic E-state index is 13.8. The smallest absolute Gasteiger partial charge is 0.307 e. The number of aliphatic carboxylic acids is 1. The SMILES string of the molecule is CC(C)(C)C(C(=O)O)C1CCN(C(=O)[C@H]2C[C@@H](OCc3ccccc3)CN2C(=O)c2ccc(C(=N)N)cc2)CC1. The van der Waals surface area contributed by atoms with Crippen molar-refractivity contribution in [2.24, 2.45) is 23.0 Å². The van der Waals surface area contributed by atoms with Crippen LogP contribution in [0.4, 0.5) is 0 Å². The van der Waals surface area contributed by atoms with E-state index >= 15 is 0 Å². The Labute approximate surface area is 235 Å². The highest BCUT2D eigenvalue weighted by molar-refractivity contribution is 6.00. The number of nitrogen functional groups attached to an aromatic ring is 1. The topological polar surface area (TPSA) is 137 Å². The molecule has 2 aliphatic heterocycles. The molecule has 4 rings (SSSR count). The molecular formula is C31H40N4O5. The molecule has 2 aromatic rings. The van der Waals surface area contributed by atoms with Crippen LogP contribution >= 0.6 is 0 Å². The number of piperidine rings is 1. The molecule has 40 heavy (non-hydrogen) atoms. The number of amidine groups is 1. The fraction of sp³-hybridized carbons (Fsp3) is 0.484. The summed E-state index contributed by atoms with van der Waals surface area (Å²) in [6, 6.07) is 15.6. The monoisotopic (exact) mass is 548 g/mol. The average molecular weight is 549 g/mol. The number of benzene rings is 2. The Kier molecular flexibility index (Phi) is 8.93. The lowest BCUT2D eigenvalue weighted by Crippen LogP contribution is -2.51. The standard InChI is InChI=1S/C31H40N4O5/c1-31(2,3)26(30(38)39)21-13-15-34(16-14-21)29(37)25-17-24(40-19-20-7-5-4-6-8-20)18-35(25)28(36)23-11-9-22(10-12-23)27(32)33/h4-12,21,24-26H,13-19H2,1-3H3,(H3,32,33)(H,38,39)/t24-,25-,26?/m1/s1. The van der Waals surface area contributed by atoms with E-state index in [1.807, 2.05) is 51.1 Å². The molecule has 4 N–H and O–H groups in total. The van der Waals surface area contributed by atoms with Crippen molar-refractivity contribution in [3.05, 3.63) is 71.3 Å². The van der Waals surface area contributed by atoms with Crippen molar-refractivity contribution in [2.75, 3.05) is 19.6 Å². The maximum absolute atomic E-state index is 13.8. The van der Waals surface area contributed by atoms with Gasteiger partial charge in [-0.1, -0.05) is 63.2 Å². The van der Waals surface area contributed by atoms with Crippen molar-refractivity contribution in [3.8, 4) is 0 Å². The van der Waals surface area contributed by atoms with Gasteiger partial charge in [0.15, 0.2) is 0 Å². The highest BCUT2D eigenvalue weighted by atomic mass is 16.5. The Hall–Kier alpha value is -3.72. The molecule has 0 aliphatic carbocycles. The number of amides is 2. The molecule has 3 atom stereocenters. The summed E-state index contributed by atoms with van der Waals surface area (Å²) in [6.45, 7) is 7.45. The summed E-state index contributed by atoms with van der Waals surface area (Å²) in [5.41, 5.74) is 7.14. The average Bonchev–Trinajstić information content (AvgIpc) is 3.35. The molecule has 0 bridgehead atoms. The number of rotatable bonds is 8. The van der Waals surface area contributed by atoms with Crippen molar-refractivity contribution in [1.82, 2.24) is 9.80 Å². The zero-order valence-electron chi connectivity index (χ0n) is 23.5. The Balaban J connectivity index is 1.49. The molecule has 0 saturated carbocycles. The van der Waals surface area contributed by atoms with Gasteiger partial charge in [0.25, 0.3) is 5.91 Å². The summed E-state index contributed by atoms with van der Waals surface area (Å²) < 4.78 is 6.16. The molecule has 1 unspecified atom stereocenters. The van der Waals surface area contributed by atoms with Gasteiger partial charge in [-0.05, 0) is 41.9 Å². The lowest BCUT2D eigenvalue weighted by atomic mass is 9.70. The number of likely N-dealkylation sites (tertiary alicyclic amines) is 2. The maximum Gasteiger partial charge on any atom is 0.307 e.